The molecule has 0 amide bonds. The van der Waals surface area contributed by atoms with Gasteiger partial charge in [0, 0.05) is 0 Å². The van der Waals surface area contributed by atoms with Crippen molar-refractivity contribution in [3.8, 4) is 0 Å². The summed E-state index contributed by atoms with van der Waals surface area (Å²) < 4.78 is 4.83. The van der Waals surface area contributed by atoms with Gasteiger partial charge in [0.15, 0.2) is 0 Å². The molecule has 12 heavy (non-hydrogen) atoms. The van der Waals surface area contributed by atoms with Crippen LogP contribution < -0.4 is 0 Å². The summed E-state index contributed by atoms with van der Waals surface area (Å²) in [7, 11) is 0. The Hall–Kier alpha value is -1.45. The quantitative estimate of drug-likeness (QED) is 0.642. The van der Waals surface area contributed by atoms with Crippen LogP contribution in [-0.4, -0.2) is 15.4 Å². The molecule has 0 saturated heterocycles. The molecule has 0 spiro atoms. The summed E-state index contributed by atoms with van der Waals surface area (Å²) in [6.07, 6.45) is 3.23. The van der Waals surface area contributed by atoms with Crippen LogP contribution >= 0.6 is 0 Å². The summed E-state index contributed by atoms with van der Waals surface area (Å²) in [4.78, 5) is 0. The van der Waals surface area contributed by atoms with Gasteiger partial charge in [-0.3, -0.25) is 0 Å². The molecule has 62 valence electrons. The molecule has 0 aliphatic heterocycles. The summed E-state index contributed by atoms with van der Waals surface area (Å²) in [5.74, 6) is 0.325. The lowest BCUT2D eigenvalue weighted by Gasteiger charge is -2.00. The predicted octanol–water partition coefficient (Wildman–Crippen LogP) is 1.74. The molecule has 4 heteroatoms. The average Bonchev–Trinajstić information content (AvgIpc) is 2.49. The Balaban J connectivity index is 2.73. The standard InChI is InChI=1S/C8H9N3O/c1-5(2)7-8-6(3-9-10-7)4-12-11-8/h3-5H,1-2H3. The molecule has 0 radical (unpaired) electrons. The first kappa shape index (κ1) is 7.21. The first-order chi connectivity index (χ1) is 5.79. The second-order valence-corrected chi connectivity index (χ2v) is 3.00. The Morgan fingerprint density at radius 3 is 3.00 bits per heavy atom. The topological polar surface area (TPSA) is 51.8 Å². The number of rotatable bonds is 1. The lowest BCUT2D eigenvalue weighted by Crippen LogP contribution is -1.95. The van der Waals surface area contributed by atoms with Crippen molar-refractivity contribution in [2.45, 2.75) is 19.8 Å². The van der Waals surface area contributed by atoms with Crippen LogP contribution in [0.2, 0.25) is 0 Å². The van der Waals surface area contributed by atoms with Gasteiger partial charge in [0.05, 0.1) is 17.3 Å². The van der Waals surface area contributed by atoms with Crippen molar-refractivity contribution in [3.05, 3.63) is 18.2 Å². The van der Waals surface area contributed by atoms with E-state index >= 15 is 0 Å². The fourth-order valence-corrected chi connectivity index (χ4v) is 1.12. The molecule has 0 aliphatic rings. The highest BCUT2D eigenvalue weighted by molar-refractivity contribution is 5.78. The van der Waals surface area contributed by atoms with Crippen molar-refractivity contribution in [1.29, 1.82) is 0 Å². The highest BCUT2D eigenvalue weighted by atomic mass is 16.5. The zero-order chi connectivity index (χ0) is 8.55. The Labute approximate surface area is 69.6 Å². The second-order valence-electron chi connectivity index (χ2n) is 3.00. The summed E-state index contributed by atoms with van der Waals surface area (Å²) in [5.41, 5.74) is 1.71. The van der Waals surface area contributed by atoms with Crippen LogP contribution in [0.5, 0.6) is 0 Å². The molecule has 2 aromatic rings. The van der Waals surface area contributed by atoms with Crippen LogP contribution in [0, 0.1) is 0 Å². The number of nitrogens with zero attached hydrogens (tertiary/aromatic N) is 3. The van der Waals surface area contributed by atoms with E-state index in [9.17, 15) is 0 Å². The molecule has 0 bridgehead atoms. The van der Waals surface area contributed by atoms with Gasteiger partial charge in [-0.25, -0.2) is 0 Å². The fourth-order valence-electron chi connectivity index (χ4n) is 1.12. The molecule has 0 saturated carbocycles. The van der Waals surface area contributed by atoms with Crippen LogP contribution in [0.1, 0.15) is 25.5 Å². The van der Waals surface area contributed by atoms with Gasteiger partial charge in [-0.05, 0) is 5.92 Å². The summed E-state index contributed by atoms with van der Waals surface area (Å²) in [5, 5.41) is 12.6. The van der Waals surface area contributed by atoms with Gasteiger partial charge < -0.3 is 4.52 Å². The molecule has 0 atom stereocenters. The maximum atomic E-state index is 4.83. The van der Waals surface area contributed by atoms with Crippen LogP contribution in [0.4, 0.5) is 0 Å². The van der Waals surface area contributed by atoms with Crippen molar-refractivity contribution < 1.29 is 4.52 Å². The van der Waals surface area contributed by atoms with E-state index in [0.29, 0.717) is 5.92 Å². The molecule has 2 aromatic heterocycles. The number of aromatic nitrogens is 3. The number of hydrogen-bond acceptors (Lipinski definition) is 4. The van der Waals surface area contributed by atoms with E-state index in [-0.39, 0.29) is 0 Å². The van der Waals surface area contributed by atoms with E-state index in [2.05, 4.69) is 29.2 Å². The highest BCUT2D eigenvalue weighted by Crippen LogP contribution is 2.19. The first-order valence-electron chi connectivity index (χ1n) is 3.84. The van der Waals surface area contributed by atoms with E-state index < -0.39 is 0 Å². The van der Waals surface area contributed by atoms with Crippen LogP contribution in [-0.2, 0) is 0 Å². The van der Waals surface area contributed by atoms with Crippen molar-refractivity contribution >= 4 is 10.9 Å². The number of hydrogen-bond donors (Lipinski definition) is 0. The van der Waals surface area contributed by atoms with Gasteiger partial charge in [-0.15, -0.1) is 0 Å². The van der Waals surface area contributed by atoms with Crippen molar-refractivity contribution in [3.63, 3.8) is 0 Å². The van der Waals surface area contributed by atoms with E-state index in [1.807, 2.05) is 0 Å². The lowest BCUT2D eigenvalue weighted by atomic mass is 10.1. The SMILES string of the molecule is CC(C)c1nncc2conc12. The normalized spacial score (nSPS) is 11.2. The largest absolute Gasteiger partial charge is 0.363 e. The van der Waals surface area contributed by atoms with Gasteiger partial charge in [-0.1, -0.05) is 19.0 Å². The first-order valence-corrected chi connectivity index (χ1v) is 3.84. The Morgan fingerprint density at radius 2 is 2.25 bits per heavy atom. The third-order valence-electron chi connectivity index (χ3n) is 1.75. The molecule has 0 N–H and O–H groups in total. The molecular formula is C8H9N3O. The van der Waals surface area contributed by atoms with Gasteiger partial charge >= 0.3 is 0 Å². The van der Waals surface area contributed by atoms with E-state index in [4.69, 9.17) is 4.52 Å². The third-order valence-corrected chi connectivity index (χ3v) is 1.75. The maximum absolute atomic E-state index is 4.83. The van der Waals surface area contributed by atoms with Gasteiger partial charge in [0.25, 0.3) is 0 Å². The minimum Gasteiger partial charge on any atom is -0.363 e. The minimum atomic E-state index is 0.325. The van der Waals surface area contributed by atoms with E-state index in [1.54, 1.807) is 12.5 Å². The van der Waals surface area contributed by atoms with Gasteiger partial charge in [0.1, 0.15) is 11.8 Å². The smallest absolute Gasteiger partial charge is 0.139 e. The van der Waals surface area contributed by atoms with Gasteiger partial charge in [0.2, 0.25) is 0 Å². The second kappa shape index (κ2) is 2.55. The Morgan fingerprint density at radius 1 is 1.42 bits per heavy atom. The monoisotopic (exact) mass is 163 g/mol. The van der Waals surface area contributed by atoms with Crippen molar-refractivity contribution in [2.24, 2.45) is 0 Å². The molecular weight excluding hydrogens is 154 g/mol. The fraction of sp³-hybridized carbons (Fsp3) is 0.375. The molecule has 0 unspecified atom stereocenters. The zero-order valence-electron chi connectivity index (χ0n) is 6.98. The Bertz CT molecular complexity index is 394. The van der Waals surface area contributed by atoms with Gasteiger partial charge in [-0.2, -0.15) is 10.2 Å². The summed E-state index contributed by atoms with van der Waals surface area (Å²) in [6.45, 7) is 4.11. The van der Waals surface area contributed by atoms with Crippen LogP contribution in [0.3, 0.4) is 0 Å². The Kier molecular flexibility index (Phi) is 1.53. The van der Waals surface area contributed by atoms with Crippen molar-refractivity contribution in [1.82, 2.24) is 15.4 Å². The number of fused-ring (bicyclic) bond motifs is 1. The molecule has 0 fully saturated rings. The summed E-state index contributed by atoms with van der Waals surface area (Å²) in [6, 6.07) is 0. The highest BCUT2D eigenvalue weighted by Gasteiger charge is 2.09. The molecule has 2 rings (SSSR count). The molecule has 0 aromatic carbocycles. The zero-order valence-corrected chi connectivity index (χ0v) is 6.98. The van der Waals surface area contributed by atoms with E-state index in [1.165, 1.54) is 0 Å². The molecule has 4 nitrogen and oxygen atoms in total. The van der Waals surface area contributed by atoms with E-state index in [0.717, 1.165) is 16.6 Å². The van der Waals surface area contributed by atoms with Crippen LogP contribution in [0.25, 0.3) is 10.9 Å². The summed E-state index contributed by atoms with van der Waals surface area (Å²) >= 11 is 0. The van der Waals surface area contributed by atoms with Crippen molar-refractivity contribution in [2.75, 3.05) is 0 Å². The average molecular weight is 163 g/mol. The predicted molar refractivity (Wildman–Crippen MR) is 43.7 cm³/mol. The lowest BCUT2D eigenvalue weighted by molar-refractivity contribution is 0.427. The third kappa shape index (κ3) is 0.958. The van der Waals surface area contributed by atoms with Crippen LogP contribution in [0.15, 0.2) is 17.0 Å². The maximum Gasteiger partial charge on any atom is 0.139 e. The molecule has 2 heterocycles. The minimum absolute atomic E-state index is 0.325. The molecule has 0 aliphatic carbocycles.